The van der Waals surface area contributed by atoms with Crippen LogP contribution >= 0.6 is 0 Å². The Bertz CT molecular complexity index is 576. The summed E-state index contributed by atoms with van der Waals surface area (Å²) < 4.78 is 5.44. The molecule has 0 aliphatic carbocycles. The van der Waals surface area contributed by atoms with Gasteiger partial charge in [-0.2, -0.15) is 0 Å². The van der Waals surface area contributed by atoms with Crippen molar-refractivity contribution >= 4 is 10.8 Å². The van der Waals surface area contributed by atoms with E-state index in [1.807, 2.05) is 12.4 Å². The molecule has 1 aromatic carbocycles. The second-order valence-electron chi connectivity index (χ2n) is 6.08. The van der Waals surface area contributed by atoms with Crippen LogP contribution in [0.4, 0.5) is 0 Å². The molecule has 0 atom stereocenters. The first kappa shape index (κ1) is 13.5. The maximum Gasteiger partial charge on any atom is 0.0471 e. The third-order valence-electron chi connectivity index (χ3n) is 4.29. The highest BCUT2D eigenvalue weighted by atomic mass is 16.5. The van der Waals surface area contributed by atoms with Gasteiger partial charge in [0.15, 0.2) is 0 Å². The van der Waals surface area contributed by atoms with Gasteiger partial charge < -0.3 is 10.1 Å². The number of hydrogen-bond donors (Lipinski definition) is 1. The summed E-state index contributed by atoms with van der Waals surface area (Å²) in [5.41, 5.74) is 1.72. The third-order valence-corrected chi connectivity index (χ3v) is 4.29. The Labute approximate surface area is 120 Å². The van der Waals surface area contributed by atoms with Crippen LogP contribution in [0, 0.1) is 5.41 Å². The standard InChI is InChI=1S/C17H22N2O/c1-17(5-8-20-9-6-17)13-19-11-14-2-3-16-12-18-7-4-15(16)10-14/h2-4,7,10,12,19H,5-6,8-9,11,13H2,1H3. The van der Waals surface area contributed by atoms with Crippen LogP contribution < -0.4 is 5.32 Å². The summed E-state index contributed by atoms with van der Waals surface area (Å²) in [6.07, 6.45) is 6.07. The molecule has 0 saturated carbocycles. The van der Waals surface area contributed by atoms with Crippen molar-refractivity contribution < 1.29 is 4.74 Å². The Hall–Kier alpha value is -1.45. The number of nitrogens with zero attached hydrogens (tertiary/aromatic N) is 1. The highest BCUT2D eigenvalue weighted by Crippen LogP contribution is 2.28. The molecule has 3 rings (SSSR count). The molecular weight excluding hydrogens is 248 g/mol. The van der Waals surface area contributed by atoms with Crippen molar-refractivity contribution in [3.63, 3.8) is 0 Å². The van der Waals surface area contributed by atoms with Crippen molar-refractivity contribution in [1.29, 1.82) is 0 Å². The molecule has 0 amide bonds. The lowest BCUT2D eigenvalue weighted by molar-refractivity contribution is 0.0240. The molecule has 2 aromatic rings. The number of rotatable bonds is 4. The maximum atomic E-state index is 5.44. The fourth-order valence-corrected chi connectivity index (χ4v) is 2.79. The van der Waals surface area contributed by atoms with Crippen molar-refractivity contribution in [1.82, 2.24) is 10.3 Å². The predicted molar refractivity (Wildman–Crippen MR) is 81.6 cm³/mol. The molecule has 1 aliphatic rings. The van der Waals surface area contributed by atoms with Crippen LogP contribution in [0.1, 0.15) is 25.3 Å². The molecule has 0 spiro atoms. The largest absolute Gasteiger partial charge is 0.381 e. The van der Waals surface area contributed by atoms with E-state index in [1.54, 1.807) is 0 Å². The molecule has 106 valence electrons. The van der Waals surface area contributed by atoms with E-state index in [1.165, 1.54) is 16.3 Å². The van der Waals surface area contributed by atoms with Crippen molar-refractivity contribution in [3.8, 4) is 0 Å². The first-order valence-corrected chi connectivity index (χ1v) is 7.36. The van der Waals surface area contributed by atoms with Gasteiger partial charge in [0.25, 0.3) is 0 Å². The molecule has 1 saturated heterocycles. The van der Waals surface area contributed by atoms with Gasteiger partial charge in [0, 0.05) is 44.1 Å². The summed E-state index contributed by atoms with van der Waals surface area (Å²) in [4.78, 5) is 4.15. The molecule has 3 heteroatoms. The monoisotopic (exact) mass is 270 g/mol. The Balaban J connectivity index is 1.59. The van der Waals surface area contributed by atoms with Crippen LogP contribution in [-0.2, 0) is 11.3 Å². The number of pyridine rings is 1. The molecular formula is C17H22N2O. The summed E-state index contributed by atoms with van der Waals surface area (Å²) in [6.45, 7) is 6.15. The second-order valence-corrected chi connectivity index (χ2v) is 6.08. The summed E-state index contributed by atoms with van der Waals surface area (Å²) in [6, 6.07) is 8.65. The predicted octanol–water partition coefficient (Wildman–Crippen LogP) is 3.14. The van der Waals surface area contributed by atoms with Crippen LogP contribution in [0.2, 0.25) is 0 Å². The third kappa shape index (κ3) is 3.17. The Kier molecular flexibility index (Phi) is 3.99. The van der Waals surface area contributed by atoms with Crippen LogP contribution in [0.15, 0.2) is 36.7 Å². The van der Waals surface area contributed by atoms with Gasteiger partial charge in [-0.15, -0.1) is 0 Å². The van der Waals surface area contributed by atoms with E-state index < -0.39 is 0 Å². The number of nitrogens with one attached hydrogen (secondary N) is 1. The number of benzene rings is 1. The summed E-state index contributed by atoms with van der Waals surface area (Å²) >= 11 is 0. The fourth-order valence-electron chi connectivity index (χ4n) is 2.79. The molecule has 2 heterocycles. The van der Waals surface area contributed by atoms with Crippen LogP contribution in [0.25, 0.3) is 10.8 Å². The van der Waals surface area contributed by atoms with E-state index in [9.17, 15) is 0 Å². The highest BCUT2D eigenvalue weighted by molar-refractivity contribution is 5.81. The summed E-state index contributed by atoms with van der Waals surface area (Å²) in [5, 5.41) is 6.07. The maximum absolute atomic E-state index is 5.44. The summed E-state index contributed by atoms with van der Waals surface area (Å²) in [7, 11) is 0. The lowest BCUT2D eigenvalue weighted by atomic mass is 9.82. The Morgan fingerprint density at radius 1 is 1.20 bits per heavy atom. The number of fused-ring (bicyclic) bond motifs is 1. The van der Waals surface area contributed by atoms with Crippen LogP contribution in [0.5, 0.6) is 0 Å². The van der Waals surface area contributed by atoms with Gasteiger partial charge in [-0.3, -0.25) is 4.98 Å². The minimum Gasteiger partial charge on any atom is -0.381 e. The second kappa shape index (κ2) is 5.90. The number of aromatic nitrogens is 1. The average molecular weight is 270 g/mol. The molecule has 20 heavy (non-hydrogen) atoms. The van der Waals surface area contributed by atoms with Crippen molar-refractivity contribution in [3.05, 3.63) is 42.2 Å². The fraction of sp³-hybridized carbons (Fsp3) is 0.471. The Morgan fingerprint density at radius 2 is 2.05 bits per heavy atom. The molecule has 1 aromatic heterocycles. The van der Waals surface area contributed by atoms with Crippen molar-refractivity contribution in [2.75, 3.05) is 19.8 Å². The molecule has 1 fully saturated rings. The molecule has 1 aliphatic heterocycles. The van der Waals surface area contributed by atoms with Gasteiger partial charge >= 0.3 is 0 Å². The zero-order valence-electron chi connectivity index (χ0n) is 12.1. The van der Waals surface area contributed by atoms with E-state index in [-0.39, 0.29) is 0 Å². The number of ether oxygens (including phenoxy) is 1. The minimum absolute atomic E-state index is 0.388. The molecule has 3 nitrogen and oxygen atoms in total. The van der Waals surface area contributed by atoms with Gasteiger partial charge in [0.05, 0.1) is 0 Å². The van der Waals surface area contributed by atoms with Gasteiger partial charge in [-0.25, -0.2) is 0 Å². The first-order valence-electron chi connectivity index (χ1n) is 7.36. The first-order chi connectivity index (χ1) is 9.75. The van der Waals surface area contributed by atoms with Crippen molar-refractivity contribution in [2.24, 2.45) is 5.41 Å². The van der Waals surface area contributed by atoms with Gasteiger partial charge in [-0.05, 0) is 41.3 Å². The zero-order valence-corrected chi connectivity index (χ0v) is 12.1. The van der Waals surface area contributed by atoms with Crippen molar-refractivity contribution in [2.45, 2.75) is 26.3 Å². The number of hydrogen-bond acceptors (Lipinski definition) is 3. The lowest BCUT2D eigenvalue weighted by Crippen LogP contribution is -2.36. The van der Waals surface area contributed by atoms with Crippen LogP contribution in [0.3, 0.4) is 0 Å². The van der Waals surface area contributed by atoms with E-state index in [2.05, 4.69) is 41.5 Å². The van der Waals surface area contributed by atoms with Gasteiger partial charge in [-0.1, -0.05) is 19.1 Å². The van der Waals surface area contributed by atoms with E-state index in [0.717, 1.165) is 39.1 Å². The smallest absolute Gasteiger partial charge is 0.0471 e. The van der Waals surface area contributed by atoms with Crippen LogP contribution in [-0.4, -0.2) is 24.7 Å². The SMILES string of the molecule is CC1(CNCc2ccc3cnccc3c2)CCOCC1. The average Bonchev–Trinajstić information content (AvgIpc) is 2.48. The van der Waals surface area contributed by atoms with Gasteiger partial charge in [0.2, 0.25) is 0 Å². The quantitative estimate of drug-likeness (QED) is 0.926. The molecule has 1 N–H and O–H groups in total. The molecule has 0 bridgehead atoms. The van der Waals surface area contributed by atoms with E-state index in [4.69, 9.17) is 4.74 Å². The van der Waals surface area contributed by atoms with E-state index >= 15 is 0 Å². The molecule has 0 radical (unpaired) electrons. The normalized spacial score (nSPS) is 18.2. The zero-order chi connectivity index (χ0) is 13.8. The minimum atomic E-state index is 0.388. The topological polar surface area (TPSA) is 34.2 Å². The molecule has 0 unspecified atom stereocenters. The van der Waals surface area contributed by atoms with Gasteiger partial charge in [0.1, 0.15) is 0 Å². The highest BCUT2D eigenvalue weighted by Gasteiger charge is 2.26. The lowest BCUT2D eigenvalue weighted by Gasteiger charge is -2.33. The summed E-state index contributed by atoms with van der Waals surface area (Å²) in [5.74, 6) is 0. The Morgan fingerprint density at radius 3 is 2.90 bits per heavy atom. The van der Waals surface area contributed by atoms with E-state index in [0.29, 0.717) is 5.41 Å².